The summed E-state index contributed by atoms with van der Waals surface area (Å²) in [6.45, 7) is 2.18. The molecule has 1 aromatic carbocycles. The van der Waals surface area contributed by atoms with Gasteiger partial charge in [0.15, 0.2) is 0 Å². The summed E-state index contributed by atoms with van der Waals surface area (Å²) in [5.41, 5.74) is 2.47. The smallest absolute Gasteiger partial charge is 0.123 e. The van der Waals surface area contributed by atoms with Gasteiger partial charge in [-0.15, -0.1) is 0 Å². The highest BCUT2D eigenvalue weighted by molar-refractivity contribution is 9.09. The van der Waals surface area contributed by atoms with Crippen LogP contribution in [0, 0.1) is 5.82 Å². The molecule has 1 aliphatic carbocycles. The van der Waals surface area contributed by atoms with E-state index in [1.807, 2.05) is 6.07 Å². The molecule has 0 N–H and O–H groups in total. The van der Waals surface area contributed by atoms with Crippen LogP contribution in [0.3, 0.4) is 0 Å². The molecule has 0 heterocycles. The lowest BCUT2D eigenvalue weighted by molar-refractivity contribution is 0.625. The standard InChI is InChI=1S/C11H12BrF/c1-2-7-5-11(12)10-6-8(13)3-4-9(7)10/h3-4,6-7,11H,2,5H2,1H3. The van der Waals surface area contributed by atoms with Gasteiger partial charge >= 0.3 is 0 Å². The Hall–Kier alpha value is -0.370. The summed E-state index contributed by atoms with van der Waals surface area (Å²) in [5, 5.41) is 0. The zero-order valence-corrected chi connectivity index (χ0v) is 9.14. The van der Waals surface area contributed by atoms with Crippen molar-refractivity contribution in [2.75, 3.05) is 0 Å². The van der Waals surface area contributed by atoms with Crippen molar-refractivity contribution in [3.8, 4) is 0 Å². The minimum atomic E-state index is -0.125. The van der Waals surface area contributed by atoms with Crippen LogP contribution in [0.1, 0.15) is 41.6 Å². The molecule has 1 aromatic rings. The first-order chi connectivity index (χ1) is 6.22. The van der Waals surface area contributed by atoms with Gasteiger partial charge in [0.1, 0.15) is 5.82 Å². The maximum absolute atomic E-state index is 12.9. The molecule has 0 amide bonds. The number of fused-ring (bicyclic) bond motifs is 1. The quantitative estimate of drug-likeness (QED) is 0.649. The third-order valence-corrected chi connectivity index (χ3v) is 3.68. The van der Waals surface area contributed by atoms with Crippen LogP contribution in [-0.2, 0) is 0 Å². The van der Waals surface area contributed by atoms with Crippen molar-refractivity contribution in [2.45, 2.75) is 30.5 Å². The van der Waals surface area contributed by atoms with E-state index in [0.717, 1.165) is 18.4 Å². The molecule has 0 nitrogen and oxygen atoms in total. The van der Waals surface area contributed by atoms with Gasteiger partial charge in [0.25, 0.3) is 0 Å². The van der Waals surface area contributed by atoms with E-state index in [2.05, 4.69) is 22.9 Å². The van der Waals surface area contributed by atoms with Crippen molar-refractivity contribution in [3.05, 3.63) is 35.1 Å². The fourth-order valence-electron chi connectivity index (χ4n) is 2.08. The van der Waals surface area contributed by atoms with Crippen LogP contribution in [0.15, 0.2) is 18.2 Å². The molecular formula is C11H12BrF. The van der Waals surface area contributed by atoms with Crippen molar-refractivity contribution in [2.24, 2.45) is 0 Å². The maximum atomic E-state index is 12.9. The van der Waals surface area contributed by atoms with Crippen molar-refractivity contribution in [1.29, 1.82) is 0 Å². The van der Waals surface area contributed by atoms with Gasteiger partial charge in [-0.25, -0.2) is 4.39 Å². The second-order valence-corrected chi connectivity index (χ2v) is 4.69. The van der Waals surface area contributed by atoms with Crippen molar-refractivity contribution in [1.82, 2.24) is 0 Å². The van der Waals surface area contributed by atoms with Gasteiger partial charge in [0.2, 0.25) is 0 Å². The molecule has 0 radical (unpaired) electrons. The molecule has 0 saturated carbocycles. The molecule has 0 spiro atoms. The van der Waals surface area contributed by atoms with Gasteiger partial charge in [-0.05, 0) is 42.0 Å². The van der Waals surface area contributed by atoms with E-state index in [1.54, 1.807) is 12.1 Å². The first-order valence-electron chi connectivity index (χ1n) is 4.65. The van der Waals surface area contributed by atoms with Crippen molar-refractivity contribution < 1.29 is 4.39 Å². The molecule has 0 aliphatic heterocycles. The summed E-state index contributed by atoms with van der Waals surface area (Å²) >= 11 is 3.59. The SMILES string of the molecule is CCC1CC(Br)c2cc(F)ccc21. The lowest BCUT2D eigenvalue weighted by Crippen LogP contribution is -1.90. The molecule has 0 bridgehead atoms. The van der Waals surface area contributed by atoms with Crippen molar-refractivity contribution in [3.63, 3.8) is 0 Å². The fourth-order valence-corrected chi connectivity index (χ4v) is 2.93. The van der Waals surface area contributed by atoms with Crippen LogP contribution in [0.5, 0.6) is 0 Å². The lowest BCUT2D eigenvalue weighted by atomic mass is 9.99. The number of benzene rings is 1. The van der Waals surface area contributed by atoms with Crippen LogP contribution in [-0.4, -0.2) is 0 Å². The third-order valence-electron chi connectivity index (χ3n) is 2.81. The second kappa shape index (κ2) is 3.41. The molecule has 2 rings (SSSR count). The summed E-state index contributed by atoms with van der Waals surface area (Å²) in [7, 11) is 0. The van der Waals surface area contributed by atoms with Crippen LogP contribution >= 0.6 is 15.9 Å². The Balaban J connectivity index is 2.46. The topological polar surface area (TPSA) is 0 Å². The zero-order valence-electron chi connectivity index (χ0n) is 7.56. The minimum absolute atomic E-state index is 0.125. The van der Waals surface area contributed by atoms with Gasteiger partial charge in [-0.3, -0.25) is 0 Å². The van der Waals surface area contributed by atoms with E-state index in [-0.39, 0.29) is 5.82 Å². The number of hydrogen-bond acceptors (Lipinski definition) is 0. The molecule has 0 saturated heterocycles. The monoisotopic (exact) mass is 242 g/mol. The molecular weight excluding hydrogens is 231 g/mol. The van der Waals surface area contributed by atoms with E-state index in [4.69, 9.17) is 0 Å². The van der Waals surface area contributed by atoms with Crippen LogP contribution < -0.4 is 0 Å². The Morgan fingerprint density at radius 2 is 2.23 bits per heavy atom. The Labute approximate surface area is 86.3 Å². The highest BCUT2D eigenvalue weighted by atomic mass is 79.9. The van der Waals surface area contributed by atoms with E-state index in [9.17, 15) is 4.39 Å². The Morgan fingerprint density at radius 3 is 2.92 bits per heavy atom. The van der Waals surface area contributed by atoms with Gasteiger partial charge in [0.05, 0.1) is 0 Å². The Bertz CT molecular complexity index is 322. The van der Waals surface area contributed by atoms with Crippen LogP contribution in [0.4, 0.5) is 4.39 Å². The summed E-state index contributed by atoms with van der Waals surface area (Å²) in [6.07, 6.45) is 2.25. The lowest BCUT2D eigenvalue weighted by Gasteiger charge is -2.06. The number of hydrogen-bond donors (Lipinski definition) is 0. The molecule has 2 heteroatoms. The highest BCUT2D eigenvalue weighted by Gasteiger charge is 2.28. The first-order valence-corrected chi connectivity index (χ1v) is 5.57. The van der Waals surface area contributed by atoms with Gasteiger partial charge in [-0.1, -0.05) is 28.9 Å². The molecule has 0 aromatic heterocycles. The summed E-state index contributed by atoms with van der Waals surface area (Å²) < 4.78 is 12.9. The largest absolute Gasteiger partial charge is 0.207 e. The van der Waals surface area contributed by atoms with Gasteiger partial charge < -0.3 is 0 Å². The number of halogens is 2. The van der Waals surface area contributed by atoms with Gasteiger partial charge in [-0.2, -0.15) is 0 Å². The summed E-state index contributed by atoms with van der Waals surface area (Å²) in [6, 6.07) is 5.15. The summed E-state index contributed by atoms with van der Waals surface area (Å²) in [5.74, 6) is 0.486. The second-order valence-electron chi connectivity index (χ2n) is 3.58. The molecule has 2 atom stereocenters. The van der Waals surface area contributed by atoms with Crippen LogP contribution in [0.2, 0.25) is 0 Å². The average molecular weight is 243 g/mol. The number of alkyl halides is 1. The van der Waals surface area contributed by atoms with Crippen LogP contribution in [0.25, 0.3) is 0 Å². The third kappa shape index (κ3) is 1.52. The van der Waals surface area contributed by atoms with E-state index in [1.165, 1.54) is 5.56 Å². The zero-order chi connectivity index (χ0) is 9.42. The maximum Gasteiger partial charge on any atom is 0.123 e. The fraction of sp³-hybridized carbons (Fsp3) is 0.455. The molecule has 70 valence electrons. The van der Waals surface area contributed by atoms with E-state index < -0.39 is 0 Å². The minimum Gasteiger partial charge on any atom is -0.207 e. The molecule has 0 fully saturated rings. The normalized spacial score (nSPS) is 26.1. The highest BCUT2D eigenvalue weighted by Crippen LogP contribution is 2.46. The predicted octanol–water partition coefficient (Wildman–Crippen LogP) is 4.16. The van der Waals surface area contributed by atoms with E-state index >= 15 is 0 Å². The molecule has 1 aliphatic rings. The summed E-state index contributed by atoms with van der Waals surface area (Å²) in [4.78, 5) is 0.350. The molecule has 13 heavy (non-hydrogen) atoms. The Morgan fingerprint density at radius 1 is 1.46 bits per heavy atom. The van der Waals surface area contributed by atoms with Gasteiger partial charge in [0, 0.05) is 4.83 Å². The predicted molar refractivity (Wildman–Crippen MR) is 55.7 cm³/mol. The Kier molecular flexibility index (Phi) is 2.41. The van der Waals surface area contributed by atoms with E-state index in [0.29, 0.717) is 10.7 Å². The first kappa shape index (κ1) is 9.20. The molecule has 2 unspecified atom stereocenters. The van der Waals surface area contributed by atoms with Crippen molar-refractivity contribution >= 4 is 15.9 Å². The average Bonchev–Trinajstić information content (AvgIpc) is 2.43. The number of rotatable bonds is 1.